The smallest absolute Gasteiger partial charge is 0.0991 e. The zero-order chi connectivity index (χ0) is 9.10. The summed E-state index contributed by atoms with van der Waals surface area (Å²) in [4.78, 5) is 0. The van der Waals surface area contributed by atoms with Gasteiger partial charge in [-0.1, -0.05) is 17.3 Å². The molecule has 4 heteroatoms. The number of H-pyrrole nitrogens is 1. The van der Waals surface area contributed by atoms with Crippen molar-refractivity contribution in [2.24, 2.45) is 0 Å². The topological polar surface area (TPSA) is 65.4 Å². The van der Waals surface area contributed by atoms with Gasteiger partial charge in [0.25, 0.3) is 0 Å². The summed E-state index contributed by atoms with van der Waals surface area (Å²) in [5.74, 6) is 0. The van der Waals surface area contributed by atoms with E-state index >= 15 is 0 Å². The van der Waals surface area contributed by atoms with Crippen molar-refractivity contribution < 1.29 is 0 Å². The van der Waals surface area contributed by atoms with E-state index in [2.05, 4.69) is 21.5 Å². The van der Waals surface area contributed by atoms with Crippen LogP contribution < -0.4 is 0 Å². The van der Waals surface area contributed by atoms with Gasteiger partial charge in [-0.25, -0.2) is 0 Å². The van der Waals surface area contributed by atoms with Crippen molar-refractivity contribution in [3.63, 3.8) is 0 Å². The first-order chi connectivity index (χ1) is 6.40. The molecule has 1 heterocycles. The first-order valence-electron chi connectivity index (χ1n) is 3.77. The number of nitrogens with zero attached hydrogens (tertiary/aromatic N) is 3. The highest BCUT2D eigenvalue weighted by Gasteiger charge is 1.98. The van der Waals surface area contributed by atoms with E-state index in [0.717, 1.165) is 11.3 Å². The van der Waals surface area contributed by atoms with Crippen LogP contribution in [0.5, 0.6) is 0 Å². The molecule has 0 aliphatic heterocycles. The third kappa shape index (κ3) is 1.40. The van der Waals surface area contributed by atoms with E-state index in [-0.39, 0.29) is 0 Å². The second kappa shape index (κ2) is 3.07. The molecule has 0 aliphatic rings. The van der Waals surface area contributed by atoms with Crippen LogP contribution in [0.15, 0.2) is 30.5 Å². The number of rotatable bonds is 1. The van der Waals surface area contributed by atoms with Crippen LogP contribution in [0, 0.1) is 11.3 Å². The molecular weight excluding hydrogens is 164 g/mol. The minimum atomic E-state index is 0.649. The van der Waals surface area contributed by atoms with Crippen molar-refractivity contribution in [1.82, 2.24) is 15.4 Å². The summed E-state index contributed by atoms with van der Waals surface area (Å²) < 4.78 is 0. The predicted molar refractivity (Wildman–Crippen MR) is 46.5 cm³/mol. The van der Waals surface area contributed by atoms with Gasteiger partial charge in [-0.3, -0.25) is 5.10 Å². The lowest BCUT2D eigenvalue weighted by Gasteiger charge is -1.94. The molecular formula is C9H6N4. The van der Waals surface area contributed by atoms with Gasteiger partial charge in [0, 0.05) is 5.56 Å². The van der Waals surface area contributed by atoms with Gasteiger partial charge < -0.3 is 0 Å². The third-order valence-corrected chi connectivity index (χ3v) is 1.74. The molecule has 4 nitrogen and oxygen atoms in total. The molecule has 0 saturated carbocycles. The van der Waals surface area contributed by atoms with Gasteiger partial charge in [-0.05, 0) is 12.1 Å². The molecule has 0 bridgehead atoms. The van der Waals surface area contributed by atoms with Crippen molar-refractivity contribution >= 4 is 0 Å². The number of hydrogen-bond acceptors (Lipinski definition) is 3. The lowest BCUT2D eigenvalue weighted by Crippen LogP contribution is -1.78. The highest BCUT2D eigenvalue weighted by molar-refractivity contribution is 5.58. The second-order valence-electron chi connectivity index (χ2n) is 2.56. The first kappa shape index (κ1) is 7.50. The lowest BCUT2D eigenvalue weighted by atomic mass is 10.1. The van der Waals surface area contributed by atoms with Crippen LogP contribution in [0.2, 0.25) is 0 Å². The number of nitrogens with one attached hydrogen (secondary N) is 1. The number of aromatic nitrogens is 3. The molecule has 13 heavy (non-hydrogen) atoms. The summed E-state index contributed by atoms with van der Waals surface area (Å²) in [6.45, 7) is 0. The zero-order valence-electron chi connectivity index (χ0n) is 6.73. The van der Waals surface area contributed by atoms with Crippen LogP contribution in [-0.2, 0) is 0 Å². The monoisotopic (exact) mass is 170 g/mol. The molecule has 2 aromatic rings. The summed E-state index contributed by atoms with van der Waals surface area (Å²) in [7, 11) is 0. The Morgan fingerprint density at radius 3 is 2.54 bits per heavy atom. The molecule has 0 spiro atoms. The fourth-order valence-electron chi connectivity index (χ4n) is 1.06. The average molecular weight is 170 g/mol. The van der Waals surface area contributed by atoms with Gasteiger partial charge in [0.05, 0.1) is 23.5 Å². The molecule has 0 radical (unpaired) electrons. The fraction of sp³-hybridized carbons (Fsp3) is 0. The fourth-order valence-corrected chi connectivity index (χ4v) is 1.06. The molecule has 1 aromatic carbocycles. The van der Waals surface area contributed by atoms with E-state index in [9.17, 15) is 0 Å². The summed E-state index contributed by atoms with van der Waals surface area (Å²) >= 11 is 0. The summed E-state index contributed by atoms with van der Waals surface area (Å²) in [5, 5.41) is 18.6. The first-order valence-corrected chi connectivity index (χ1v) is 3.77. The molecule has 62 valence electrons. The van der Waals surface area contributed by atoms with E-state index in [0.29, 0.717) is 5.56 Å². The molecule has 1 N–H and O–H groups in total. The van der Waals surface area contributed by atoms with Gasteiger partial charge in [0.1, 0.15) is 0 Å². The number of hydrogen-bond donors (Lipinski definition) is 1. The molecule has 2 rings (SSSR count). The molecule has 0 saturated heterocycles. The van der Waals surface area contributed by atoms with Gasteiger partial charge in [-0.15, -0.1) is 5.10 Å². The summed E-state index contributed by atoms with van der Waals surface area (Å²) in [6.07, 6.45) is 1.64. The van der Waals surface area contributed by atoms with Crippen molar-refractivity contribution in [1.29, 1.82) is 5.26 Å². The largest absolute Gasteiger partial charge is 0.258 e. The van der Waals surface area contributed by atoms with E-state index in [1.54, 1.807) is 18.3 Å². The number of nitriles is 1. The van der Waals surface area contributed by atoms with Crippen LogP contribution in [0.4, 0.5) is 0 Å². The molecule has 0 unspecified atom stereocenters. The minimum Gasteiger partial charge on any atom is -0.258 e. The maximum Gasteiger partial charge on any atom is 0.0991 e. The molecule has 1 aromatic heterocycles. The van der Waals surface area contributed by atoms with Gasteiger partial charge in [-0.2, -0.15) is 5.26 Å². The Bertz CT molecular complexity index is 422. The van der Waals surface area contributed by atoms with Crippen LogP contribution in [-0.4, -0.2) is 15.4 Å². The van der Waals surface area contributed by atoms with Crippen molar-refractivity contribution in [2.45, 2.75) is 0 Å². The third-order valence-electron chi connectivity index (χ3n) is 1.74. The number of aromatic amines is 1. The lowest BCUT2D eigenvalue weighted by molar-refractivity contribution is 0.942. The van der Waals surface area contributed by atoms with Crippen LogP contribution in [0.25, 0.3) is 11.3 Å². The Morgan fingerprint density at radius 2 is 2.00 bits per heavy atom. The van der Waals surface area contributed by atoms with Crippen molar-refractivity contribution in [2.75, 3.05) is 0 Å². The molecule has 0 amide bonds. The Morgan fingerprint density at radius 1 is 1.23 bits per heavy atom. The highest BCUT2D eigenvalue weighted by Crippen LogP contribution is 2.14. The van der Waals surface area contributed by atoms with E-state index in [1.807, 2.05) is 12.1 Å². The average Bonchev–Trinajstić information content (AvgIpc) is 2.71. The Kier molecular flexibility index (Phi) is 1.77. The van der Waals surface area contributed by atoms with Crippen LogP contribution in [0.1, 0.15) is 5.56 Å². The highest BCUT2D eigenvalue weighted by atomic mass is 15.3. The predicted octanol–water partition coefficient (Wildman–Crippen LogP) is 1.34. The molecule has 0 fully saturated rings. The standard InChI is InChI=1S/C9H6N4/c10-5-7-1-3-8(4-2-7)9-6-11-13-12-9/h1-4,6H,(H,11,12,13). The second-order valence-corrected chi connectivity index (χ2v) is 2.56. The zero-order valence-corrected chi connectivity index (χ0v) is 6.73. The van der Waals surface area contributed by atoms with Gasteiger partial charge in [0.15, 0.2) is 0 Å². The van der Waals surface area contributed by atoms with Gasteiger partial charge >= 0.3 is 0 Å². The molecule has 0 aliphatic carbocycles. The van der Waals surface area contributed by atoms with E-state index in [4.69, 9.17) is 5.26 Å². The minimum absolute atomic E-state index is 0.649. The maximum absolute atomic E-state index is 8.58. The Hall–Kier alpha value is -2.15. The van der Waals surface area contributed by atoms with Crippen molar-refractivity contribution in [3.8, 4) is 17.3 Å². The van der Waals surface area contributed by atoms with Crippen LogP contribution >= 0.6 is 0 Å². The van der Waals surface area contributed by atoms with Crippen LogP contribution in [0.3, 0.4) is 0 Å². The van der Waals surface area contributed by atoms with Gasteiger partial charge in [0.2, 0.25) is 0 Å². The van der Waals surface area contributed by atoms with E-state index < -0.39 is 0 Å². The Labute approximate surface area is 74.8 Å². The SMILES string of the molecule is N#Cc1ccc(-c2cnn[nH]2)cc1. The summed E-state index contributed by atoms with van der Waals surface area (Å²) in [5.41, 5.74) is 2.48. The number of benzene rings is 1. The Balaban J connectivity index is 2.40. The van der Waals surface area contributed by atoms with Crippen molar-refractivity contribution in [3.05, 3.63) is 36.0 Å². The summed E-state index contributed by atoms with van der Waals surface area (Å²) in [6, 6.07) is 9.29. The normalized spacial score (nSPS) is 9.46. The molecule has 0 atom stereocenters. The maximum atomic E-state index is 8.58. The quantitative estimate of drug-likeness (QED) is 0.702. The van der Waals surface area contributed by atoms with E-state index in [1.165, 1.54) is 0 Å².